The number of methoxy groups -OCH3 is 2. The molecule has 7 heteroatoms. The van der Waals surface area contributed by atoms with Gasteiger partial charge in [0, 0.05) is 5.56 Å². The van der Waals surface area contributed by atoms with Gasteiger partial charge in [-0.1, -0.05) is 11.6 Å². The van der Waals surface area contributed by atoms with Crippen LogP contribution < -0.4 is 14.2 Å². The van der Waals surface area contributed by atoms with Crippen molar-refractivity contribution in [2.75, 3.05) is 20.8 Å². The first kappa shape index (κ1) is 20.6. The van der Waals surface area contributed by atoms with Crippen LogP contribution in [0.4, 0.5) is 0 Å². The maximum atomic E-state index is 12.5. The zero-order valence-electron chi connectivity index (χ0n) is 15.6. The van der Waals surface area contributed by atoms with Crippen LogP contribution in [-0.4, -0.2) is 38.7 Å². The van der Waals surface area contributed by atoms with E-state index in [1.54, 1.807) is 24.3 Å². The monoisotopic (exact) mass is 392 g/mol. The Bertz CT molecular complexity index is 816. The third kappa shape index (κ3) is 4.92. The maximum absolute atomic E-state index is 12.5. The van der Waals surface area contributed by atoms with E-state index in [2.05, 4.69) is 0 Å². The molecule has 1 atom stereocenters. The lowest BCUT2D eigenvalue weighted by atomic mass is 10.1. The van der Waals surface area contributed by atoms with E-state index in [0.29, 0.717) is 29.4 Å². The zero-order valence-corrected chi connectivity index (χ0v) is 16.3. The summed E-state index contributed by atoms with van der Waals surface area (Å²) < 4.78 is 20.9. The third-order valence-corrected chi connectivity index (χ3v) is 4.05. The highest BCUT2D eigenvalue weighted by Crippen LogP contribution is 2.36. The van der Waals surface area contributed by atoms with Crippen LogP contribution in [0.25, 0.3) is 0 Å². The molecule has 0 saturated carbocycles. The van der Waals surface area contributed by atoms with Crippen molar-refractivity contribution in [1.29, 1.82) is 0 Å². The summed E-state index contributed by atoms with van der Waals surface area (Å²) in [5.74, 6) is 0.262. The lowest BCUT2D eigenvalue weighted by molar-refractivity contribution is 0.0318. The van der Waals surface area contributed by atoms with Gasteiger partial charge in [-0.25, -0.2) is 4.79 Å². The predicted octanol–water partition coefficient (Wildman–Crippen LogP) is 4.18. The Labute approximate surface area is 162 Å². The molecule has 0 aliphatic carbocycles. The van der Waals surface area contributed by atoms with Gasteiger partial charge in [-0.2, -0.15) is 0 Å². The summed E-state index contributed by atoms with van der Waals surface area (Å²) in [5.41, 5.74) is 0.577. The minimum absolute atomic E-state index is 0.156. The molecule has 0 amide bonds. The van der Waals surface area contributed by atoms with Crippen molar-refractivity contribution < 1.29 is 28.5 Å². The van der Waals surface area contributed by atoms with Crippen molar-refractivity contribution in [2.24, 2.45) is 0 Å². The summed E-state index contributed by atoms with van der Waals surface area (Å²) in [5, 5.41) is 0.203. The van der Waals surface area contributed by atoms with Gasteiger partial charge in [-0.3, -0.25) is 4.79 Å². The van der Waals surface area contributed by atoms with Crippen molar-refractivity contribution in [3.63, 3.8) is 0 Å². The number of hydrogen-bond acceptors (Lipinski definition) is 6. The maximum Gasteiger partial charge on any atom is 0.339 e. The van der Waals surface area contributed by atoms with Crippen molar-refractivity contribution in [2.45, 2.75) is 20.0 Å². The van der Waals surface area contributed by atoms with Gasteiger partial charge in [0.1, 0.15) is 5.75 Å². The highest BCUT2D eigenvalue weighted by atomic mass is 35.5. The number of ether oxygens (including phenoxy) is 4. The molecule has 2 aromatic rings. The van der Waals surface area contributed by atoms with Gasteiger partial charge in [0.05, 0.1) is 31.4 Å². The Morgan fingerprint density at radius 2 is 1.70 bits per heavy atom. The number of esters is 1. The van der Waals surface area contributed by atoms with E-state index >= 15 is 0 Å². The normalized spacial score (nSPS) is 11.4. The zero-order chi connectivity index (χ0) is 20.0. The molecule has 6 nitrogen and oxygen atoms in total. The topological polar surface area (TPSA) is 71.1 Å². The van der Waals surface area contributed by atoms with Gasteiger partial charge in [0.15, 0.2) is 17.6 Å². The van der Waals surface area contributed by atoms with Gasteiger partial charge < -0.3 is 18.9 Å². The minimum Gasteiger partial charge on any atom is -0.494 e. The van der Waals surface area contributed by atoms with Gasteiger partial charge in [-0.15, -0.1) is 0 Å². The lowest BCUT2D eigenvalue weighted by Gasteiger charge is -2.15. The molecule has 0 aromatic heterocycles. The number of Topliss-reactive ketones (excluding diaryl/α,β-unsaturated/α-hetero) is 1. The second-order valence-corrected chi connectivity index (χ2v) is 5.97. The number of ketones is 1. The molecule has 2 aromatic carbocycles. The van der Waals surface area contributed by atoms with E-state index in [0.717, 1.165) is 0 Å². The van der Waals surface area contributed by atoms with E-state index in [-0.39, 0.29) is 16.4 Å². The van der Waals surface area contributed by atoms with Gasteiger partial charge in [0.2, 0.25) is 5.78 Å². The molecular weight excluding hydrogens is 372 g/mol. The predicted molar refractivity (Wildman–Crippen MR) is 101 cm³/mol. The molecular formula is C20H21ClO6. The molecule has 2 rings (SSSR count). The molecule has 0 saturated heterocycles. The second kappa shape index (κ2) is 9.28. The Morgan fingerprint density at radius 3 is 2.26 bits per heavy atom. The lowest BCUT2D eigenvalue weighted by Crippen LogP contribution is -2.24. The Morgan fingerprint density at radius 1 is 1.04 bits per heavy atom. The molecule has 27 heavy (non-hydrogen) atoms. The van der Waals surface area contributed by atoms with E-state index in [1.807, 2.05) is 6.92 Å². The third-order valence-electron chi connectivity index (χ3n) is 3.77. The van der Waals surface area contributed by atoms with Crippen LogP contribution in [0.2, 0.25) is 5.02 Å². The first-order valence-corrected chi connectivity index (χ1v) is 8.68. The fourth-order valence-electron chi connectivity index (χ4n) is 2.43. The smallest absolute Gasteiger partial charge is 0.339 e. The van der Waals surface area contributed by atoms with Gasteiger partial charge in [-0.05, 0) is 50.2 Å². The van der Waals surface area contributed by atoms with Crippen LogP contribution in [0.1, 0.15) is 34.6 Å². The molecule has 0 bridgehead atoms. The number of rotatable bonds is 8. The standard InChI is InChI=1S/C20H21ClO6/c1-5-26-15-8-6-13(7-9-15)18(22)12(2)27-20(23)14-10-16(21)19(25-4)17(11-14)24-3/h6-12H,5H2,1-4H3/t12-/m1/s1. The van der Waals surface area contributed by atoms with E-state index in [4.69, 9.17) is 30.5 Å². The molecule has 144 valence electrons. The average Bonchev–Trinajstić information content (AvgIpc) is 2.67. The van der Waals surface area contributed by atoms with Crippen molar-refractivity contribution >= 4 is 23.4 Å². The molecule has 0 radical (unpaired) electrons. The van der Waals surface area contributed by atoms with Gasteiger partial charge >= 0.3 is 5.97 Å². The summed E-state index contributed by atoms with van der Waals surface area (Å²) in [6, 6.07) is 9.50. The molecule has 0 fully saturated rings. The minimum atomic E-state index is -0.970. The first-order chi connectivity index (χ1) is 12.9. The molecule has 0 aliphatic heterocycles. The Hall–Kier alpha value is -2.73. The number of benzene rings is 2. The highest BCUT2D eigenvalue weighted by Gasteiger charge is 2.22. The molecule has 0 aliphatic rings. The summed E-state index contributed by atoms with van der Waals surface area (Å²) in [6.45, 7) is 3.93. The first-order valence-electron chi connectivity index (χ1n) is 8.30. The van der Waals surface area contributed by atoms with Gasteiger partial charge in [0.25, 0.3) is 0 Å². The highest BCUT2D eigenvalue weighted by molar-refractivity contribution is 6.32. The van der Waals surface area contributed by atoms with Crippen molar-refractivity contribution in [3.8, 4) is 17.2 Å². The van der Waals surface area contributed by atoms with Crippen LogP contribution in [-0.2, 0) is 4.74 Å². The fourth-order valence-corrected chi connectivity index (χ4v) is 2.72. The molecule has 0 N–H and O–H groups in total. The quantitative estimate of drug-likeness (QED) is 0.495. The fraction of sp³-hybridized carbons (Fsp3) is 0.300. The van der Waals surface area contributed by atoms with Crippen LogP contribution in [0, 0.1) is 0 Å². The molecule has 0 spiro atoms. The largest absolute Gasteiger partial charge is 0.494 e. The van der Waals surface area contributed by atoms with E-state index in [9.17, 15) is 9.59 Å². The number of carbonyl (C=O) groups is 2. The summed E-state index contributed by atoms with van der Waals surface area (Å²) in [7, 11) is 2.88. The molecule has 0 heterocycles. The summed E-state index contributed by atoms with van der Waals surface area (Å²) in [4.78, 5) is 24.9. The van der Waals surface area contributed by atoms with Crippen LogP contribution >= 0.6 is 11.6 Å². The summed E-state index contributed by atoms with van der Waals surface area (Å²) in [6.07, 6.45) is -0.970. The Kier molecular flexibility index (Phi) is 7.07. The average molecular weight is 393 g/mol. The molecule has 0 unspecified atom stereocenters. The summed E-state index contributed by atoms with van der Waals surface area (Å²) >= 11 is 6.10. The Balaban J connectivity index is 2.12. The van der Waals surface area contributed by atoms with Crippen LogP contribution in [0.15, 0.2) is 36.4 Å². The van der Waals surface area contributed by atoms with Crippen LogP contribution in [0.5, 0.6) is 17.2 Å². The van der Waals surface area contributed by atoms with E-state index < -0.39 is 12.1 Å². The number of halogens is 1. The van der Waals surface area contributed by atoms with Crippen molar-refractivity contribution in [1.82, 2.24) is 0 Å². The second-order valence-electron chi connectivity index (χ2n) is 5.56. The number of carbonyl (C=O) groups excluding carboxylic acids is 2. The SMILES string of the molecule is CCOc1ccc(C(=O)[C@@H](C)OC(=O)c2cc(Cl)c(OC)c(OC)c2)cc1. The van der Waals surface area contributed by atoms with Crippen LogP contribution in [0.3, 0.4) is 0 Å². The van der Waals surface area contributed by atoms with Crippen molar-refractivity contribution in [3.05, 3.63) is 52.5 Å². The number of hydrogen-bond donors (Lipinski definition) is 0. The van der Waals surface area contributed by atoms with E-state index in [1.165, 1.54) is 33.3 Å².